The first kappa shape index (κ1) is 21.5. The fourth-order valence-electron chi connectivity index (χ4n) is 3.98. The molecule has 7 nitrogen and oxygen atoms in total. The maximum atomic E-state index is 9.27. The number of piperidine rings is 1. The van der Waals surface area contributed by atoms with E-state index in [-0.39, 0.29) is 17.8 Å². The zero-order valence-electron chi connectivity index (χ0n) is 18.2. The third kappa shape index (κ3) is 4.35. The third-order valence-corrected chi connectivity index (χ3v) is 6.26. The number of hydrogen-bond donors (Lipinski definition) is 1. The largest absolute Gasteiger partial charge is 0.498 e. The second-order valence-corrected chi connectivity index (χ2v) is 9.23. The third-order valence-electron chi connectivity index (χ3n) is 6.26. The number of β-amino-alcohol motifs (C(OH)–C–C–N with tert-alkyl or cyclic N) is 1. The molecule has 2 fully saturated rings. The molecule has 156 valence electrons. The number of aliphatic hydroxyl groups excluding tert-OH is 1. The monoisotopic (exact) mass is 390 g/mol. The molecule has 1 atom stereocenters. The molecule has 0 amide bonds. The van der Waals surface area contributed by atoms with E-state index in [2.05, 4.69) is 33.6 Å². The minimum Gasteiger partial charge on any atom is -0.399 e. The van der Waals surface area contributed by atoms with Gasteiger partial charge in [-0.2, -0.15) is 0 Å². The topological polar surface area (TPSA) is 71.0 Å². The lowest BCUT2D eigenvalue weighted by atomic mass is 9.81. The highest BCUT2D eigenvalue weighted by Gasteiger charge is 2.52. The average Bonchev–Trinajstić information content (AvgIpc) is 2.84. The molecule has 1 aromatic rings. The van der Waals surface area contributed by atoms with Gasteiger partial charge in [-0.1, -0.05) is 0 Å². The van der Waals surface area contributed by atoms with Gasteiger partial charge in [0.25, 0.3) is 0 Å². The highest BCUT2D eigenvalue weighted by molar-refractivity contribution is 6.61. The number of anilines is 1. The predicted molar refractivity (Wildman–Crippen MR) is 112 cm³/mol. The Bertz CT molecular complexity index is 635. The van der Waals surface area contributed by atoms with E-state index < -0.39 is 7.12 Å². The van der Waals surface area contributed by atoms with E-state index >= 15 is 0 Å². The van der Waals surface area contributed by atoms with Crippen LogP contribution in [0.1, 0.15) is 54.4 Å². The van der Waals surface area contributed by atoms with E-state index in [4.69, 9.17) is 9.31 Å². The van der Waals surface area contributed by atoms with E-state index in [1.54, 1.807) is 0 Å². The first-order valence-electron chi connectivity index (χ1n) is 10.4. The number of aliphatic hydroxyl groups is 1. The summed E-state index contributed by atoms with van der Waals surface area (Å²) in [5, 5.41) is 9.27. The number of rotatable bonds is 6. The summed E-state index contributed by atoms with van der Waals surface area (Å²) >= 11 is 0. The van der Waals surface area contributed by atoms with E-state index in [1.807, 2.05) is 40.1 Å². The quantitative estimate of drug-likeness (QED) is 0.738. The van der Waals surface area contributed by atoms with Crippen LogP contribution in [0.2, 0.25) is 0 Å². The number of likely N-dealkylation sites (tertiary alicyclic amines) is 1. The van der Waals surface area contributed by atoms with Gasteiger partial charge in [0.2, 0.25) is 5.95 Å². The van der Waals surface area contributed by atoms with Gasteiger partial charge in [-0.25, -0.2) is 9.97 Å². The lowest BCUT2D eigenvalue weighted by Gasteiger charge is -2.41. The Morgan fingerprint density at radius 2 is 1.82 bits per heavy atom. The highest BCUT2D eigenvalue weighted by atomic mass is 16.7. The summed E-state index contributed by atoms with van der Waals surface area (Å²) in [7, 11) is -0.443. The van der Waals surface area contributed by atoms with Crippen LogP contribution < -0.4 is 10.4 Å². The summed E-state index contributed by atoms with van der Waals surface area (Å²) in [6.07, 6.45) is 5.89. The molecule has 8 heteroatoms. The molecule has 1 N–H and O–H groups in total. The summed E-state index contributed by atoms with van der Waals surface area (Å²) in [6, 6.07) is 0.643. The Morgan fingerprint density at radius 3 is 2.36 bits per heavy atom. The van der Waals surface area contributed by atoms with Crippen molar-refractivity contribution in [2.45, 2.75) is 77.7 Å². The molecule has 0 radical (unpaired) electrons. The van der Waals surface area contributed by atoms with Crippen molar-refractivity contribution in [2.24, 2.45) is 0 Å². The van der Waals surface area contributed by atoms with Gasteiger partial charge in [0.15, 0.2) is 0 Å². The SMILES string of the molecule is CC(C)N(c1ncc(B2OC(C)(C)C(C)(C)O2)cn1)C1CCCN(CCO)C1. The fourth-order valence-corrected chi connectivity index (χ4v) is 3.98. The van der Waals surface area contributed by atoms with Crippen LogP contribution in [0.25, 0.3) is 0 Å². The first-order valence-corrected chi connectivity index (χ1v) is 10.4. The summed E-state index contributed by atoms with van der Waals surface area (Å²) in [5.74, 6) is 0.742. The molecule has 28 heavy (non-hydrogen) atoms. The van der Waals surface area contributed by atoms with Gasteiger partial charge in [-0.15, -0.1) is 0 Å². The maximum absolute atomic E-state index is 9.27. The Kier molecular flexibility index (Phi) is 6.34. The molecular weight excluding hydrogens is 355 g/mol. The van der Waals surface area contributed by atoms with Crippen LogP contribution in [0.4, 0.5) is 5.95 Å². The zero-order valence-corrected chi connectivity index (χ0v) is 18.2. The summed E-state index contributed by atoms with van der Waals surface area (Å²) in [5.41, 5.74) is 0.0913. The van der Waals surface area contributed by atoms with Crippen molar-refractivity contribution >= 4 is 18.5 Å². The van der Waals surface area contributed by atoms with E-state index in [1.165, 1.54) is 0 Å². The summed E-state index contributed by atoms with van der Waals surface area (Å²) in [6.45, 7) is 15.4. The Labute approximate surface area is 169 Å². The highest BCUT2D eigenvalue weighted by Crippen LogP contribution is 2.36. The predicted octanol–water partition coefficient (Wildman–Crippen LogP) is 1.45. The molecule has 2 aliphatic heterocycles. The van der Waals surface area contributed by atoms with Crippen LogP contribution in [0.5, 0.6) is 0 Å². The first-order chi connectivity index (χ1) is 13.1. The van der Waals surface area contributed by atoms with Gasteiger partial charge < -0.3 is 19.3 Å². The van der Waals surface area contributed by atoms with Crippen LogP contribution in [0.3, 0.4) is 0 Å². The van der Waals surface area contributed by atoms with E-state index in [9.17, 15) is 5.11 Å². The van der Waals surface area contributed by atoms with Crippen molar-refractivity contribution in [1.29, 1.82) is 0 Å². The van der Waals surface area contributed by atoms with Crippen molar-refractivity contribution in [3.05, 3.63) is 12.4 Å². The molecule has 2 saturated heterocycles. The van der Waals surface area contributed by atoms with Gasteiger partial charge in [-0.3, -0.25) is 4.90 Å². The molecular formula is C20H35BN4O3. The molecule has 0 aromatic carbocycles. The van der Waals surface area contributed by atoms with Gasteiger partial charge in [0.05, 0.1) is 17.8 Å². The molecule has 0 bridgehead atoms. The molecule has 3 heterocycles. The Balaban J connectivity index is 1.75. The molecule has 0 saturated carbocycles. The van der Waals surface area contributed by atoms with Crippen LogP contribution in [-0.4, -0.2) is 76.6 Å². The van der Waals surface area contributed by atoms with Crippen LogP contribution in [0, 0.1) is 0 Å². The molecule has 2 aliphatic rings. The fraction of sp³-hybridized carbons (Fsp3) is 0.800. The summed E-state index contributed by atoms with van der Waals surface area (Å²) < 4.78 is 12.2. The van der Waals surface area contributed by atoms with E-state index in [0.29, 0.717) is 12.1 Å². The average molecular weight is 390 g/mol. The minimum atomic E-state index is -0.443. The van der Waals surface area contributed by atoms with Crippen molar-refractivity contribution < 1.29 is 14.4 Å². The molecule has 1 unspecified atom stereocenters. The number of hydrogen-bond acceptors (Lipinski definition) is 7. The molecule has 0 spiro atoms. The number of nitrogens with zero attached hydrogens (tertiary/aromatic N) is 4. The van der Waals surface area contributed by atoms with E-state index in [0.717, 1.165) is 43.9 Å². The van der Waals surface area contributed by atoms with Crippen LogP contribution >= 0.6 is 0 Å². The molecule has 3 rings (SSSR count). The van der Waals surface area contributed by atoms with Gasteiger partial charge >= 0.3 is 7.12 Å². The normalized spacial score (nSPS) is 24.7. The number of aromatic nitrogens is 2. The van der Waals surface area contributed by atoms with Crippen LogP contribution in [-0.2, 0) is 9.31 Å². The van der Waals surface area contributed by atoms with Crippen molar-refractivity contribution in [3.63, 3.8) is 0 Å². The maximum Gasteiger partial charge on any atom is 0.498 e. The smallest absolute Gasteiger partial charge is 0.399 e. The Morgan fingerprint density at radius 1 is 1.21 bits per heavy atom. The van der Waals surface area contributed by atoms with Crippen molar-refractivity contribution in [2.75, 3.05) is 31.1 Å². The molecule has 1 aromatic heterocycles. The lowest BCUT2D eigenvalue weighted by Crippen LogP contribution is -2.52. The molecule has 0 aliphatic carbocycles. The lowest BCUT2D eigenvalue weighted by molar-refractivity contribution is 0.00578. The van der Waals surface area contributed by atoms with Crippen LogP contribution in [0.15, 0.2) is 12.4 Å². The zero-order chi connectivity index (χ0) is 20.5. The second-order valence-electron chi connectivity index (χ2n) is 9.23. The van der Waals surface area contributed by atoms with Crippen molar-refractivity contribution in [1.82, 2.24) is 14.9 Å². The summed E-state index contributed by atoms with van der Waals surface area (Å²) in [4.78, 5) is 14.0. The Hall–Kier alpha value is -1.22. The second kappa shape index (κ2) is 8.26. The van der Waals surface area contributed by atoms with Gasteiger partial charge in [0.1, 0.15) is 0 Å². The minimum absolute atomic E-state index is 0.202. The standard InChI is InChI=1S/C20H35BN4O3/c1-15(2)25(17-8-7-9-24(14-17)10-11-26)18-22-12-16(13-23-18)21-27-19(3,4)20(5,6)28-21/h12-13,15,17,26H,7-11,14H2,1-6H3. The van der Waals surface area contributed by atoms with Gasteiger partial charge in [-0.05, 0) is 60.9 Å². The van der Waals surface area contributed by atoms with Crippen molar-refractivity contribution in [3.8, 4) is 0 Å². The van der Waals surface area contributed by atoms with Gasteiger partial charge in [0, 0.05) is 43.0 Å².